The van der Waals surface area contributed by atoms with Crippen molar-refractivity contribution in [1.29, 1.82) is 0 Å². The minimum Gasteiger partial charge on any atom is -0.444 e. The van der Waals surface area contributed by atoms with Gasteiger partial charge >= 0.3 is 6.09 Å². The number of alkyl carbamates (subject to hydrolysis) is 1. The number of hydrogen-bond acceptors (Lipinski definition) is 6. The first-order valence-electron chi connectivity index (χ1n) is 12.5. The van der Waals surface area contributed by atoms with E-state index >= 15 is 0 Å². The smallest absolute Gasteiger partial charge is 0.407 e. The van der Waals surface area contributed by atoms with Crippen LogP contribution in [0, 0.1) is 11.8 Å². The second-order valence-corrected chi connectivity index (χ2v) is 9.96. The summed E-state index contributed by atoms with van der Waals surface area (Å²) in [4.78, 5) is 29.8. The molecular formula is C25H36N4O4. The summed E-state index contributed by atoms with van der Waals surface area (Å²) >= 11 is 0. The molecule has 4 saturated heterocycles. The third-order valence-corrected chi connectivity index (χ3v) is 7.62. The van der Waals surface area contributed by atoms with Gasteiger partial charge in [-0.05, 0) is 43.2 Å². The Labute approximate surface area is 196 Å². The number of benzene rings is 1. The average molecular weight is 457 g/mol. The number of rotatable bonds is 7. The summed E-state index contributed by atoms with van der Waals surface area (Å²) in [6.07, 6.45) is 3.14. The fraction of sp³-hybridized carbons (Fsp3) is 0.680. The summed E-state index contributed by atoms with van der Waals surface area (Å²) in [5, 5.41) is 6.43. The van der Waals surface area contributed by atoms with Gasteiger partial charge in [-0.15, -0.1) is 0 Å². The Morgan fingerprint density at radius 1 is 1.12 bits per heavy atom. The van der Waals surface area contributed by atoms with Crippen LogP contribution in [-0.4, -0.2) is 86.4 Å². The van der Waals surface area contributed by atoms with Crippen molar-refractivity contribution >= 4 is 12.0 Å². The third-order valence-electron chi connectivity index (χ3n) is 7.62. The van der Waals surface area contributed by atoms with Crippen LogP contribution in [-0.2, 0) is 14.3 Å². The first kappa shape index (κ1) is 22.6. The molecule has 4 aliphatic rings. The molecule has 5 atom stereocenters. The standard InChI is InChI=1S/C25H36N4O4/c30-24(23-7-4-10-26-23)29-15-19-13-28(14-20(19)16-29)11-8-22(18-5-2-1-3-6-18)27-25(31)33-21-9-12-32-17-21/h1-3,5-6,19-23,26H,4,7-17H2,(H,27,31)/t19-,20?,21?,22?,23-/m0/s1. The zero-order chi connectivity index (χ0) is 22.6. The van der Waals surface area contributed by atoms with E-state index < -0.39 is 0 Å². The van der Waals surface area contributed by atoms with Crippen LogP contribution in [0.4, 0.5) is 4.79 Å². The van der Waals surface area contributed by atoms with Crippen molar-refractivity contribution in [2.45, 2.75) is 43.9 Å². The van der Waals surface area contributed by atoms with Gasteiger partial charge in [-0.3, -0.25) is 4.79 Å². The van der Waals surface area contributed by atoms with Crippen molar-refractivity contribution in [3.8, 4) is 0 Å². The molecule has 2 amide bonds. The molecule has 1 aromatic carbocycles. The number of likely N-dealkylation sites (tertiary alicyclic amines) is 2. The predicted octanol–water partition coefficient (Wildman–Crippen LogP) is 1.78. The highest BCUT2D eigenvalue weighted by Gasteiger charge is 2.43. The van der Waals surface area contributed by atoms with Crippen LogP contribution >= 0.6 is 0 Å². The van der Waals surface area contributed by atoms with Crippen molar-refractivity contribution in [3.63, 3.8) is 0 Å². The van der Waals surface area contributed by atoms with E-state index in [2.05, 4.69) is 32.6 Å². The first-order valence-corrected chi connectivity index (χ1v) is 12.5. The Morgan fingerprint density at radius 2 is 1.91 bits per heavy atom. The normalized spacial score (nSPS) is 30.4. The minimum atomic E-state index is -0.368. The highest BCUT2D eigenvalue weighted by molar-refractivity contribution is 5.82. The molecule has 8 heteroatoms. The van der Waals surface area contributed by atoms with Crippen LogP contribution in [0.1, 0.15) is 37.3 Å². The SMILES string of the molecule is O=C(NC(CCN1CC2CN(C(=O)[C@@H]3CCCN3)C[C@@H]2C1)c1ccccc1)OC1CCOC1. The van der Waals surface area contributed by atoms with E-state index in [1.54, 1.807) is 0 Å². The molecule has 2 N–H and O–H groups in total. The second kappa shape index (κ2) is 10.4. The minimum absolute atomic E-state index is 0.0354. The maximum Gasteiger partial charge on any atom is 0.407 e. The lowest BCUT2D eigenvalue weighted by Crippen LogP contribution is -2.43. The van der Waals surface area contributed by atoms with Crippen molar-refractivity contribution in [3.05, 3.63) is 35.9 Å². The summed E-state index contributed by atoms with van der Waals surface area (Å²) in [6, 6.07) is 10.1. The van der Waals surface area contributed by atoms with Gasteiger partial charge in [0, 0.05) is 39.1 Å². The van der Waals surface area contributed by atoms with Crippen molar-refractivity contribution < 1.29 is 19.1 Å². The fourth-order valence-electron chi connectivity index (χ4n) is 5.82. The number of amides is 2. The topological polar surface area (TPSA) is 83.1 Å². The molecule has 0 radical (unpaired) electrons. The summed E-state index contributed by atoms with van der Waals surface area (Å²) in [6.45, 7) is 6.83. The van der Waals surface area contributed by atoms with E-state index in [0.717, 1.165) is 70.5 Å². The van der Waals surface area contributed by atoms with Crippen molar-refractivity contribution in [2.24, 2.45) is 11.8 Å². The van der Waals surface area contributed by atoms with Crippen molar-refractivity contribution in [1.82, 2.24) is 20.4 Å². The zero-order valence-corrected chi connectivity index (χ0v) is 19.3. The molecular weight excluding hydrogens is 420 g/mol. The number of carbonyl (C=O) groups is 2. The molecule has 4 aliphatic heterocycles. The Kier molecular flexibility index (Phi) is 7.13. The van der Waals surface area contributed by atoms with E-state index in [-0.39, 0.29) is 24.3 Å². The molecule has 8 nitrogen and oxygen atoms in total. The molecule has 5 rings (SSSR count). The lowest BCUT2D eigenvalue weighted by molar-refractivity contribution is -0.132. The second-order valence-electron chi connectivity index (χ2n) is 9.96. The van der Waals surface area contributed by atoms with Gasteiger partial charge in [-0.25, -0.2) is 4.79 Å². The van der Waals surface area contributed by atoms with E-state index in [0.29, 0.717) is 31.0 Å². The largest absolute Gasteiger partial charge is 0.444 e. The molecule has 4 fully saturated rings. The lowest BCUT2D eigenvalue weighted by Gasteiger charge is -2.26. The predicted molar refractivity (Wildman–Crippen MR) is 124 cm³/mol. The third kappa shape index (κ3) is 5.50. The maximum absolute atomic E-state index is 12.7. The highest BCUT2D eigenvalue weighted by Crippen LogP contribution is 2.32. The number of nitrogens with zero attached hydrogens (tertiary/aromatic N) is 2. The van der Waals surface area contributed by atoms with Gasteiger partial charge in [-0.2, -0.15) is 0 Å². The van der Waals surface area contributed by atoms with Gasteiger partial charge in [-0.1, -0.05) is 30.3 Å². The molecule has 180 valence electrons. The number of fused-ring (bicyclic) bond motifs is 1. The number of hydrogen-bond donors (Lipinski definition) is 2. The van der Waals surface area contributed by atoms with Gasteiger partial charge in [0.15, 0.2) is 0 Å². The number of ether oxygens (including phenoxy) is 2. The van der Waals surface area contributed by atoms with Gasteiger partial charge in [0.05, 0.1) is 25.3 Å². The first-order chi connectivity index (χ1) is 16.2. The fourth-order valence-corrected chi connectivity index (χ4v) is 5.82. The summed E-state index contributed by atoms with van der Waals surface area (Å²) in [5.41, 5.74) is 1.09. The van der Waals surface area contributed by atoms with Crippen LogP contribution in [0.15, 0.2) is 30.3 Å². The van der Waals surface area contributed by atoms with Gasteiger partial charge < -0.3 is 29.9 Å². The quantitative estimate of drug-likeness (QED) is 0.651. The number of nitrogens with one attached hydrogen (secondary N) is 2. The monoisotopic (exact) mass is 456 g/mol. The molecule has 0 saturated carbocycles. The van der Waals surface area contributed by atoms with Gasteiger partial charge in [0.2, 0.25) is 5.91 Å². The highest BCUT2D eigenvalue weighted by atomic mass is 16.6. The Bertz CT molecular complexity index is 796. The van der Waals surface area contributed by atoms with E-state index in [1.807, 2.05) is 18.2 Å². The molecule has 0 spiro atoms. The lowest BCUT2D eigenvalue weighted by atomic mass is 10.0. The Morgan fingerprint density at radius 3 is 2.58 bits per heavy atom. The Balaban J connectivity index is 1.12. The van der Waals surface area contributed by atoms with Crippen LogP contribution in [0.2, 0.25) is 0 Å². The van der Waals surface area contributed by atoms with Crippen LogP contribution < -0.4 is 10.6 Å². The molecule has 0 aliphatic carbocycles. The summed E-state index contributed by atoms with van der Waals surface area (Å²) in [7, 11) is 0. The van der Waals surface area contributed by atoms with E-state index in [9.17, 15) is 9.59 Å². The number of carbonyl (C=O) groups excluding carboxylic acids is 2. The Hall–Kier alpha value is -2.16. The zero-order valence-electron chi connectivity index (χ0n) is 19.3. The summed E-state index contributed by atoms with van der Waals surface area (Å²) < 4.78 is 10.9. The maximum atomic E-state index is 12.7. The molecule has 1 aromatic rings. The van der Waals surface area contributed by atoms with E-state index in [1.165, 1.54) is 0 Å². The molecule has 4 heterocycles. The average Bonchev–Trinajstić information content (AvgIpc) is 3.62. The van der Waals surface area contributed by atoms with Gasteiger partial charge in [0.1, 0.15) is 6.10 Å². The van der Waals surface area contributed by atoms with Gasteiger partial charge in [0.25, 0.3) is 0 Å². The van der Waals surface area contributed by atoms with Crippen LogP contribution in [0.3, 0.4) is 0 Å². The molecule has 0 bridgehead atoms. The van der Waals surface area contributed by atoms with Crippen LogP contribution in [0.5, 0.6) is 0 Å². The molecule has 0 aromatic heterocycles. The van der Waals surface area contributed by atoms with Crippen LogP contribution in [0.25, 0.3) is 0 Å². The molecule has 3 unspecified atom stereocenters. The van der Waals surface area contributed by atoms with E-state index in [4.69, 9.17) is 9.47 Å². The molecule has 33 heavy (non-hydrogen) atoms. The van der Waals surface area contributed by atoms with Crippen molar-refractivity contribution in [2.75, 3.05) is 52.5 Å². The summed E-state index contributed by atoms with van der Waals surface area (Å²) in [5.74, 6) is 1.42.